The summed E-state index contributed by atoms with van der Waals surface area (Å²) in [6, 6.07) is 5.22. The Morgan fingerprint density at radius 2 is 2.28 bits per heavy atom. The van der Waals surface area contributed by atoms with Crippen LogP contribution in [0.4, 0.5) is 0 Å². The number of hydrogen-bond acceptors (Lipinski definition) is 3. The van der Waals surface area contributed by atoms with Crippen LogP contribution in [0.2, 0.25) is 5.02 Å². The van der Waals surface area contributed by atoms with Crippen molar-refractivity contribution in [2.75, 3.05) is 12.4 Å². The van der Waals surface area contributed by atoms with Gasteiger partial charge in [-0.25, -0.2) is 0 Å². The monoisotopic (exact) mass is 287 g/mol. The molecule has 1 amide bonds. The zero-order chi connectivity index (χ0) is 13.5. The molecule has 0 aliphatic rings. The van der Waals surface area contributed by atoms with Gasteiger partial charge in [-0.05, 0) is 37.3 Å². The first-order chi connectivity index (χ1) is 8.58. The van der Waals surface area contributed by atoms with E-state index >= 15 is 0 Å². The Kier molecular flexibility index (Phi) is 6.54. The lowest BCUT2D eigenvalue weighted by Gasteiger charge is -2.14. The van der Waals surface area contributed by atoms with E-state index in [4.69, 9.17) is 16.7 Å². The van der Waals surface area contributed by atoms with Gasteiger partial charge in [-0.15, -0.1) is 11.8 Å². The van der Waals surface area contributed by atoms with Gasteiger partial charge >= 0.3 is 0 Å². The molecule has 0 saturated carbocycles. The first kappa shape index (κ1) is 15.3. The Hall–Kier alpha value is -0.710. The smallest absolute Gasteiger partial charge is 0.252 e. The molecule has 1 aromatic carbocycles. The highest BCUT2D eigenvalue weighted by atomic mass is 35.5. The van der Waals surface area contributed by atoms with Gasteiger partial charge in [0.2, 0.25) is 0 Å². The molecule has 1 rings (SSSR count). The topological polar surface area (TPSA) is 49.3 Å². The van der Waals surface area contributed by atoms with Crippen LogP contribution in [-0.4, -0.2) is 29.4 Å². The molecule has 2 N–H and O–H groups in total. The Balaban J connectivity index is 2.84. The third-order valence-corrected chi connectivity index (χ3v) is 3.60. The van der Waals surface area contributed by atoms with Crippen LogP contribution in [0.5, 0.6) is 0 Å². The Morgan fingerprint density at radius 3 is 2.89 bits per heavy atom. The van der Waals surface area contributed by atoms with Crippen LogP contribution in [0.1, 0.15) is 30.6 Å². The number of thioether (sulfide) groups is 1. The molecule has 0 fully saturated rings. The van der Waals surface area contributed by atoms with Gasteiger partial charge in [-0.3, -0.25) is 4.79 Å². The van der Waals surface area contributed by atoms with Gasteiger partial charge in [0, 0.05) is 22.6 Å². The Labute approximate surface area is 117 Å². The summed E-state index contributed by atoms with van der Waals surface area (Å²) in [7, 11) is 0. The third-order valence-electron chi connectivity index (χ3n) is 2.43. The summed E-state index contributed by atoms with van der Waals surface area (Å²) in [4.78, 5) is 13.0. The average molecular weight is 288 g/mol. The first-order valence-electron chi connectivity index (χ1n) is 5.92. The SMILES string of the molecule is CCSc1cc(Cl)ccc1C(=O)N[C@@H](C)CCO. The number of rotatable bonds is 6. The Bertz CT molecular complexity index is 412. The number of carbonyl (C=O) groups is 1. The molecule has 100 valence electrons. The third kappa shape index (κ3) is 4.52. The van der Waals surface area contributed by atoms with Crippen LogP contribution in [0.3, 0.4) is 0 Å². The highest BCUT2D eigenvalue weighted by Gasteiger charge is 2.14. The van der Waals surface area contributed by atoms with E-state index in [1.165, 1.54) is 0 Å². The molecule has 1 atom stereocenters. The van der Waals surface area contributed by atoms with Gasteiger partial charge in [0.1, 0.15) is 0 Å². The van der Waals surface area contributed by atoms with Crippen LogP contribution >= 0.6 is 23.4 Å². The van der Waals surface area contributed by atoms with Crippen molar-refractivity contribution in [2.24, 2.45) is 0 Å². The van der Waals surface area contributed by atoms with Gasteiger partial charge in [0.15, 0.2) is 0 Å². The van der Waals surface area contributed by atoms with Crippen molar-refractivity contribution >= 4 is 29.3 Å². The average Bonchev–Trinajstić information content (AvgIpc) is 2.29. The van der Waals surface area contributed by atoms with E-state index in [0.29, 0.717) is 17.0 Å². The van der Waals surface area contributed by atoms with Gasteiger partial charge in [-0.1, -0.05) is 18.5 Å². The Morgan fingerprint density at radius 1 is 1.56 bits per heavy atom. The molecule has 0 saturated heterocycles. The summed E-state index contributed by atoms with van der Waals surface area (Å²) < 4.78 is 0. The van der Waals surface area contributed by atoms with Crippen molar-refractivity contribution in [2.45, 2.75) is 31.2 Å². The summed E-state index contributed by atoms with van der Waals surface area (Å²) >= 11 is 7.52. The number of amides is 1. The quantitative estimate of drug-likeness (QED) is 0.791. The van der Waals surface area contributed by atoms with E-state index in [2.05, 4.69) is 5.32 Å². The van der Waals surface area contributed by atoms with E-state index in [-0.39, 0.29) is 18.6 Å². The van der Waals surface area contributed by atoms with Crippen molar-refractivity contribution in [1.82, 2.24) is 5.32 Å². The molecule has 0 aromatic heterocycles. The molecule has 1 aromatic rings. The summed E-state index contributed by atoms with van der Waals surface area (Å²) in [5, 5.41) is 12.3. The van der Waals surface area contributed by atoms with Gasteiger partial charge in [0.05, 0.1) is 5.56 Å². The molecule has 0 heterocycles. The first-order valence-corrected chi connectivity index (χ1v) is 7.29. The molecule has 0 spiro atoms. The summed E-state index contributed by atoms with van der Waals surface area (Å²) in [5.74, 6) is 0.760. The van der Waals surface area contributed by atoms with E-state index in [1.807, 2.05) is 13.8 Å². The molecule has 0 radical (unpaired) electrons. The molecule has 0 aliphatic heterocycles. The molecule has 5 heteroatoms. The largest absolute Gasteiger partial charge is 0.396 e. The van der Waals surface area contributed by atoms with Crippen LogP contribution < -0.4 is 5.32 Å². The molecule has 0 bridgehead atoms. The minimum atomic E-state index is -0.122. The van der Waals surface area contributed by atoms with Gasteiger partial charge in [-0.2, -0.15) is 0 Å². The van der Waals surface area contributed by atoms with Crippen LogP contribution in [-0.2, 0) is 0 Å². The van der Waals surface area contributed by atoms with Crippen molar-refractivity contribution in [1.29, 1.82) is 0 Å². The maximum Gasteiger partial charge on any atom is 0.252 e. The lowest BCUT2D eigenvalue weighted by atomic mass is 10.2. The normalized spacial score (nSPS) is 12.2. The molecule has 0 unspecified atom stereocenters. The highest BCUT2D eigenvalue weighted by Crippen LogP contribution is 2.26. The van der Waals surface area contributed by atoms with Crippen LogP contribution in [0, 0.1) is 0 Å². The fraction of sp³-hybridized carbons (Fsp3) is 0.462. The molecule has 18 heavy (non-hydrogen) atoms. The fourth-order valence-corrected chi connectivity index (χ4v) is 2.60. The maximum absolute atomic E-state index is 12.1. The predicted molar refractivity (Wildman–Crippen MR) is 76.5 cm³/mol. The highest BCUT2D eigenvalue weighted by molar-refractivity contribution is 7.99. The number of hydrogen-bond donors (Lipinski definition) is 2. The van der Waals surface area contributed by atoms with Crippen molar-refractivity contribution in [3.05, 3.63) is 28.8 Å². The second-order valence-corrected chi connectivity index (χ2v) is 5.70. The predicted octanol–water partition coefficient (Wildman–Crippen LogP) is 2.95. The summed E-state index contributed by atoms with van der Waals surface area (Å²) in [6.07, 6.45) is 0.551. The number of nitrogens with one attached hydrogen (secondary N) is 1. The molecular formula is C13H18ClNO2S. The fourth-order valence-electron chi connectivity index (χ4n) is 1.53. The van der Waals surface area contributed by atoms with Crippen LogP contribution in [0.15, 0.2) is 23.1 Å². The summed E-state index contributed by atoms with van der Waals surface area (Å²) in [6.45, 7) is 3.97. The van der Waals surface area contributed by atoms with Crippen molar-refractivity contribution < 1.29 is 9.90 Å². The van der Waals surface area contributed by atoms with Gasteiger partial charge < -0.3 is 10.4 Å². The van der Waals surface area contributed by atoms with E-state index in [0.717, 1.165) is 10.6 Å². The van der Waals surface area contributed by atoms with Crippen LogP contribution in [0.25, 0.3) is 0 Å². The zero-order valence-electron chi connectivity index (χ0n) is 10.6. The molecule has 0 aliphatic carbocycles. The number of benzene rings is 1. The minimum absolute atomic E-state index is 0.0438. The summed E-state index contributed by atoms with van der Waals surface area (Å²) in [5.41, 5.74) is 0.635. The number of carbonyl (C=O) groups excluding carboxylic acids is 1. The standard InChI is InChI=1S/C13H18ClNO2S/c1-3-18-12-8-10(14)4-5-11(12)13(17)15-9(2)6-7-16/h4-5,8-9,16H,3,6-7H2,1-2H3,(H,15,17)/t9-/m0/s1. The van der Waals surface area contributed by atoms with E-state index < -0.39 is 0 Å². The lowest BCUT2D eigenvalue weighted by molar-refractivity contribution is 0.0931. The number of aliphatic hydroxyl groups excluding tert-OH is 1. The van der Waals surface area contributed by atoms with E-state index in [1.54, 1.807) is 30.0 Å². The van der Waals surface area contributed by atoms with E-state index in [9.17, 15) is 4.79 Å². The second-order valence-electron chi connectivity index (χ2n) is 3.96. The lowest BCUT2D eigenvalue weighted by Crippen LogP contribution is -2.33. The minimum Gasteiger partial charge on any atom is -0.396 e. The second kappa shape index (κ2) is 7.67. The maximum atomic E-state index is 12.1. The van der Waals surface area contributed by atoms with Gasteiger partial charge in [0.25, 0.3) is 5.91 Å². The number of aliphatic hydroxyl groups is 1. The van der Waals surface area contributed by atoms with Crippen molar-refractivity contribution in [3.63, 3.8) is 0 Å². The zero-order valence-corrected chi connectivity index (χ0v) is 12.1. The number of halogens is 1. The van der Waals surface area contributed by atoms with Crippen molar-refractivity contribution in [3.8, 4) is 0 Å². The molecule has 3 nitrogen and oxygen atoms in total. The molecular weight excluding hydrogens is 270 g/mol.